The minimum absolute atomic E-state index is 0.508. The highest BCUT2D eigenvalue weighted by molar-refractivity contribution is 5.21. The maximum Gasteiger partial charge on any atom is 0.222 e. The maximum absolute atomic E-state index is 4.15. The second-order valence-corrected chi connectivity index (χ2v) is 5.02. The molecule has 17 heavy (non-hydrogen) atoms. The molecule has 0 fully saturated rings. The van der Waals surface area contributed by atoms with Crippen molar-refractivity contribution >= 4 is 5.95 Å². The molecule has 0 aliphatic heterocycles. The van der Waals surface area contributed by atoms with E-state index in [1.54, 1.807) is 12.4 Å². The quantitative estimate of drug-likeness (QED) is 0.695. The number of rotatable bonds is 8. The van der Waals surface area contributed by atoms with Crippen LogP contribution in [0.25, 0.3) is 0 Å². The lowest BCUT2D eigenvalue weighted by Gasteiger charge is -2.27. The van der Waals surface area contributed by atoms with E-state index in [1.165, 1.54) is 32.1 Å². The Morgan fingerprint density at radius 1 is 1.18 bits per heavy atom. The van der Waals surface area contributed by atoms with Gasteiger partial charge in [-0.05, 0) is 30.7 Å². The van der Waals surface area contributed by atoms with Crippen molar-refractivity contribution in [2.75, 3.05) is 11.9 Å². The van der Waals surface area contributed by atoms with E-state index in [9.17, 15) is 0 Å². The summed E-state index contributed by atoms with van der Waals surface area (Å²) in [7, 11) is 0. The summed E-state index contributed by atoms with van der Waals surface area (Å²) >= 11 is 0. The molecule has 0 spiro atoms. The second-order valence-electron chi connectivity index (χ2n) is 5.02. The Labute approximate surface area is 105 Å². The first kappa shape index (κ1) is 13.9. The Balaban J connectivity index is 2.23. The van der Waals surface area contributed by atoms with E-state index in [2.05, 4.69) is 36.1 Å². The van der Waals surface area contributed by atoms with Gasteiger partial charge in [-0.3, -0.25) is 0 Å². The molecule has 0 aromatic carbocycles. The van der Waals surface area contributed by atoms with Gasteiger partial charge in [-0.15, -0.1) is 0 Å². The van der Waals surface area contributed by atoms with E-state index in [4.69, 9.17) is 0 Å². The monoisotopic (exact) mass is 235 g/mol. The molecule has 3 nitrogen and oxygen atoms in total. The summed E-state index contributed by atoms with van der Waals surface area (Å²) in [5, 5.41) is 3.26. The van der Waals surface area contributed by atoms with Gasteiger partial charge in [0.1, 0.15) is 0 Å². The number of nitrogens with one attached hydrogen (secondary N) is 1. The molecule has 0 aliphatic rings. The summed E-state index contributed by atoms with van der Waals surface area (Å²) in [5.41, 5.74) is 0.508. The molecule has 1 atom stereocenters. The van der Waals surface area contributed by atoms with Gasteiger partial charge in [-0.25, -0.2) is 9.97 Å². The van der Waals surface area contributed by atoms with Crippen molar-refractivity contribution in [2.45, 2.75) is 52.9 Å². The molecule has 1 aromatic rings. The van der Waals surface area contributed by atoms with Gasteiger partial charge in [0.25, 0.3) is 0 Å². The topological polar surface area (TPSA) is 37.8 Å². The standard InChI is InChI=1S/C14H25N3/c1-4-8-14(3,5-2)9-6-10-15-13-16-11-7-12-17-13/h7,11-12H,4-6,8-10H2,1-3H3,(H,15,16,17). The molecule has 1 unspecified atom stereocenters. The zero-order valence-corrected chi connectivity index (χ0v) is 11.4. The average molecular weight is 235 g/mol. The van der Waals surface area contributed by atoms with Gasteiger partial charge in [0, 0.05) is 18.9 Å². The largest absolute Gasteiger partial charge is 0.354 e. The van der Waals surface area contributed by atoms with Crippen LogP contribution in [0.15, 0.2) is 18.5 Å². The van der Waals surface area contributed by atoms with Crippen LogP contribution < -0.4 is 5.32 Å². The Hall–Kier alpha value is -1.12. The first-order chi connectivity index (χ1) is 8.20. The molecular weight excluding hydrogens is 210 g/mol. The zero-order chi connectivity index (χ0) is 12.6. The van der Waals surface area contributed by atoms with Gasteiger partial charge in [0.15, 0.2) is 0 Å². The summed E-state index contributed by atoms with van der Waals surface area (Å²) in [4.78, 5) is 8.29. The highest BCUT2D eigenvalue weighted by atomic mass is 15.1. The molecule has 0 saturated carbocycles. The first-order valence-electron chi connectivity index (χ1n) is 6.71. The fraction of sp³-hybridized carbons (Fsp3) is 0.714. The molecular formula is C14H25N3. The molecule has 0 bridgehead atoms. The first-order valence-corrected chi connectivity index (χ1v) is 6.71. The van der Waals surface area contributed by atoms with Gasteiger partial charge in [-0.2, -0.15) is 0 Å². The minimum atomic E-state index is 0.508. The number of nitrogens with zero attached hydrogens (tertiary/aromatic N) is 2. The third-order valence-corrected chi connectivity index (χ3v) is 3.51. The van der Waals surface area contributed by atoms with E-state index in [1.807, 2.05) is 6.07 Å². The Kier molecular flexibility index (Phi) is 5.95. The molecule has 1 N–H and O–H groups in total. The van der Waals surface area contributed by atoms with E-state index in [0.717, 1.165) is 12.5 Å². The van der Waals surface area contributed by atoms with Crippen molar-refractivity contribution in [3.8, 4) is 0 Å². The van der Waals surface area contributed by atoms with Crippen LogP contribution in [0.5, 0.6) is 0 Å². The Morgan fingerprint density at radius 2 is 1.88 bits per heavy atom. The van der Waals surface area contributed by atoms with E-state index >= 15 is 0 Å². The van der Waals surface area contributed by atoms with Crippen LogP contribution in [0.2, 0.25) is 0 Å². The third-order valence-electron chi connectivity index (χ3n) is 3.51. The van der Waals surface area contributed by atoms with Crippen molar-refractivity contribution in [1.82, 2.24) is 9.97 Å². The smallest absolute Gasteiger partial charge is 0.222 e. The number of aromatic nitrogens is 2. The Bertz CT molecular complexity index is 300. The fourth-order valence-corrected chi connectivity index (χ4v) is 2.19. The number of hydrogen-bond donors (Lipinski definition) is 1. The van der Waals surface area contributed by atoms with Crippen LogP contribution in [0, 0.1) is 5.41 Å². The van der Waals surface area contributed by atoms with Gasteiger partial charge in [0.05, 0.1) is 0 Å². The van der Waals surface area contributed by atoms with Crippen molar-refractivity contribution in [2.24, 2.45) is 5.41 Å². The van der Waals surface area contributed by atoms with Crippen LogP contribution in [-0.2, 0) is 0 Å². The maximum atomic E-state index is 4.15. The molecule has 3 heteroatoms. The zero-order valence-electron chi connectivity index (χ0n) is 11.4. The molecule has 96 valence electrons. The molecule has 0 saturated heterocycles. The van der Waals surface area contributed by atoms with Gasteiger partial charge < -0.3 is 5.32 Å². The lowest BCUT2D eigenvalue weighted by Crippen LogP contribution is -2.17. The van der Waals surface area contributed by atoms with Crippen molar-refractivity contribution in [1.29, 1.82) is 0 Å². The number of hydrogen-bond acceptors (Lipinski definition) is 3. The second kappa shape index (κ2) is 7.25. The summed E-state index contributed by atoms with van der Waals surface area (Å²) in [6.45, 7) is 7.92. The van der Waals surface area contributed by atoms with Crippen LogP contribution in [-0.4, -0.2) is 16.5 Å². The van der Waals surface area contributed by atoms with Crippen molar-refractivity contribution < 1.29 is 0 Å². The molecule has 0 aliphatic carbocycles. The lowest BCUT2D eigenvalue weighted by atomic mass is 9.79. The Morgan fingerprint density at radius 3 is 2.47 bits per heavy atom. The van der Waals surface area contributed by atoms with Gasteiger partial charge in [0.2, 0.25) is 5.95 Å². The SMILES string of the molecule is CCCC(C)(CC)CCCNc1ncccn1. The lowest BCUT2D eigenvalue weighted by molar-refractivity contribution is 0.254. The summed E-state index contributed by atoms with van der Waals surface area (Å²) in [6, 6.07) is 1.83. The molecule has 1 aromatic heterocycles. The van der Waals surface area contributed by atoms with Gasteiger partial charge >= 0.3 is 0 Å². The van der Waals surface area contributed by atoms with Crippen molar-refractivity contribution in [3.63, 3.8) is 0 Å². The van der Waals surface area contributed by atoms with E-state index < -0.39 is 0 Å². The van der Waals surface area contributed by atoms with Crippen molar-refractivity contribution in [3.05, 3.63) is 18.5 Å². The third kappa shape index (κ3) is 5.16. The fourth-order valence-electron chi connectivity index (χ4n) is 2.19. The van der Waals surface area contributed by atoms with E-state index in [-0.39, 0.29) is 0 Å². The van der Waals surface area contributed by atoms with Gasteiger partial charge in [-0.1, -0.05) is 33.6 Å². The van der Waals surface area contributed by atoms with Crippen LogP contribution in [0.1, 0.15) is 52.9 Å². The van der Waals surface area contributed by atoms with E-state index in [0.29, 0.717) is 5.41 Å². The van der Waals surface area contributed by atoms with Crippen LogP contribution >= 0.6 is 0 Å². The molecule has 0 radical (unpaired) electrons. The average Bonchev–Trinajstić information content (AvgIpc) is 2.36. The minimum Gasteiger partial charge on any atom is -0.354 e. The molecule has 1 heterocycles. The number of anilines is 1. The highest BCUT2D eigenvalue weighted by Gasteiger charge is 2.19. The molecule has 0 amide bonds. The summed E-state index contributed by atoms with van der Waals surface area (Å²) < 4.78 is 0. The summed E-state index contributed by atoms with van der Waals surface area (Å²) in [5.74, 6) is 0.737. The van der Waals surface area contributed by atoms with Crippen LogP contribution in [0.3, 0.4) is 0 Å². The predicted molar refractivity (Wildman–Crippen MR) is 73.1 cm³/mol. The predicted octanol–water partition coefficient (Wildman–Crippen LogP) is 3.89. The normalized spacial score (nSPS) is 14.3. The van der Waals surface area contributed by atoms with Crippen LogP contribution in [0.4, 0.5) is 5.95 Å². The summed E-state index contributed by atoms with van der Waals surface area (Å²) in [6.07, 6.45) is 9.86. The molecule has 1 rings (SSSR count). The highest BCUT2D eigenvalue weighted by Crippen LogP contribution is 2.32.